The number of benzene rings is 1. The molecule has 1 aromatic heterocycles. The molecule has 10 heteroatoms. The molecule has 214 valence electrons. The Bertz CT molecular complexity index is 1100. The zero-order chi connectivity index (χ0) is 29.1. The van der Waals surface area contributed by atoms with Gasteiger partial charge in [0.25, 0.3) is 5.91 Å². The molecule has 9 nitrogen and oxygen atoms in total. The highest BCUT2D eigenvalue weighted by atomic mass is 32.1. The highest BCUT2D eigenvalue weighted by Crippen LogP contribution is 2.30. The number of methoxy groups -OCH3 is 1. The fraction of sp³-hybridized carbons (Fsp3) is 0.552. The summed E-state index contributed by atoms with van der Waals surface area (Å²) < 4.78 is 10.5. The van der Waals surface area contributed by atoms with Crippen LogP contribution in [-0.4, -0.2) is 59.9 Å². The van der Waals surface area contributed by atoms with Crippen molar-refractivity contribution in [1.29, 1.82) is 0 Å². The lowest BCUT2D eigenvalue weighted by molar-refractivity contribution is -0.148. The standard InChI is InChI=1S/C29H41N3O6S/c1-8-26(34)32(6)24(18(2)3)16-25(38-20(5)33)28-31-23(17-39-28)27(35)30-22(14-19(4)29(36)37-7)15-21-12-10-9-11-13-21/h9-13,17-19,22,24-25H,8,14-16H2,1-7H3,(H,30,35). The van der Waals surface area contributed by atoms with Crippen LogP contribution in [0.5, 0.6) is 0 Å². The van der Waals surface area contributed by atoms with Crippen LogP contribution in [-0.2, 0) is 30.3 Å². The van der Waals surface area contributed by atoms with Crippen LogP contribution in [0.15, 0.2) is 35.7 Å². The van der Waals surface area contributed by atoms with E-state index in [0.29, 0.717) is 30.7 Å². The second-order valence-corrected chi connectivity index (χ2v) is 11.0. The van der Waals surface area contributed by atoms with E-state index in [1.54, 1.807) is 24.3 Å². The minimum Gasteiger partial charge on any atom is -0.469 e. The molecule has 2 rings (SSSR count). The number of hydrogen-bond donors (Lipinski definition) is 1. The van der Waals surface area contributed by atoms with Crippen molar-refractivity contribution in [3.8, 4) is 0 Å². The molecule has 0 aliphatic heterocycles. The Labute approximate surface area is 235 Å². The summed E-state index contributed by atoms with van der Waals surface area (Å²) in [5.41, 5.74) is 1.23. The minimum absolute atomic E-state index is 0.000112. The number of nitrogens with zero attached hydrogens (tertiary/aromatic N) is 2. The van der Waals surface area contributed by atoms with Gasteiger partial charge >= 0.3 is 11.9 Å². The number of amides is 2. The van der Waals surface area contributed by atoms with Gasteiger partial charge in [0.05, 0.1) is 13.0 Å². The molecule has 0 saturated carbocycles. The number of carbonyl (C=O) groups excluding carboxylic acids is 4. The van der Waals surface area contributed by atoms with Crippen molar-refractivity contribution < 1.29 is 28.7 Å². The predicted octanol–water partition coefficient (Wildman–Crippen LogP) is 4.57. The van der Waals surface area contributed by atoms with Gasteiger partial charge in [0, 0.05) is 44.3 Å². The van der Waals surface area contributed by atoms with Gasteiger partial charge in [0.15, 0.2) is 6.10 Å². The SMILES string of the molecule is CCC(=O)N(C)C(CC(OC(C)=O)c1nc(C(=O)NC(Cc2ccccc2)CC(C)C(=O)OC)cs1)C(C)C. The van der Waals surface area contributed by atoms with Crippen LogP contribution in [0.2, 0.25) is 0 Å². The Balaban J connectivity index is 2.25. The summed E-state index contributed by atoms with van der Waals surface area (Å²) in [5, 5.41) is 5.14. The van der Waals surface area contributed by atoms with Crippen LogP contribution in [0.1, 0.15) is 81.0 Å². The van der Waals surface area contributed by atoms with Gasteiger partial charge in [-0.15, -0.1) is 11.3 Å². The van der Waals surface area contributed by atoms with Crippen LogP contribution in [0.25, 0.3) is 0 Å². The molecule has 0 spiro atoms. The summed E-state index contributed by atoms with van der Waals surface area (Å²) in [6, 6.07) is 9.20. The van der Waals surface area contributed by atoms with Crippen molar-refractivity contribution in [3.05, 3.63) is 52.0 Å². The van der Waals surface area contributed by atoms with E-state index in [4.69, 9.17) is 9.47 Å². The van der Waals surface area contributed by atoms with Gasteiger partial charge in [0.2, 0.25) is 5.91 Å². The largest absolute Gasteiger partial charge is 0.469 e. The molecule has 2 aromatic rings. The van der Waals surface area contributed by atoms with Gasteiger partial charge < -0.3 is 19.7 Å². The summed E-state index contributed by atoms with van der Waals surface area (Å²) in [6.07, 6.45) is 0.968. The monoisotopic (exact) mass is 559 g/mol. The molecule has 0 bridgehead atoms. The number of rotatable bonds is 14. The number of aromatic nitrogens is 1. The zero-order valence-electron chi connectivity index (χ0n) is 23.9. The first-order chi connectivity index (χ1) is 18.5. The van der Waals surface area contributed by atoms with Crippen molar-refractivity contribution in [2.75, 3.05) is 14.2 Å². The van der Waals surface area contributed by atoms with Gasteiger partial charge in [-0.2, -0.15) is 0 Å². The second-order valence-electron chi connectivity index (χ2n) is 10.1. The first-order valence-corrected chi connectivity index (χ1v) is 14.2. The van der Waals surface area contributed by atoms with Crippen molar-refractivity contribution in [2.24, 2.45) is 11.8 Å². The summed E-state index contributed by atoms with van der Waals surface area (Å²) in [6.45, 7) is 8.93. The van der Waals surface area contributed by atoms with E-state index in [9.17, 15) is 19.2 Å². The summed E-state index contributed by atoms with van der Waals surface area (Å²) >= 11 is 1.23. The Morgan fingerprint density at radius 3 is 2.31 bits per heavy atom. The normalized spacial score (nSPS) is 14.2. The van der Waals surface area contributed by atoms with Crippen LogP contribution in [0.4, 0.5) is 0 Å². The average molecular weight is 560 g/mol. The number of hydrogen-bond acceptors (Lipinski definition) is 8. The molecule has 0 aliphatic rings. The lowest BCUT2D eigenvalue weighted by atomic mass is 9.96. The van der Waals surface area contributed by atoms with Gasteiger partial charge in [-0.3, -0.25) is 19.2 Å². The van der Waals surface area contributed by atoms with E-state index in [0.717, 1.165) is 5.56 Å². The molecule has 0 saturated heterocycles. The van der Waals surface area contributed by atoms with Gasteiger partial charge in [0.1, 0.15) is 10.7 Å². The fourth-order valence-corrected chi connectivity index (χ4v) is 5.39. The molecule has 4 unspecified atom stereocenters. The van der Waals surface area contributed by atoms with Crippen LogP contribution < -0.4 is 5.32 Å². The highest BCUT2D eigenvalue weighted by Gasteiger charge is 2.30. The maximum absolute atomic E-state index is 13.2. The third kappa shape index (κ3) is 9.76. The van der Waals surface area contributed by atoms with E-state index in [2.05, 4.69) is 10.3 Å². The third-order valence-corrected chi connectivity index (χ3v) is 7.60. The molecule has 1 heterocycles. The molecule has 4 atom stereocenters. The van der Waals surface area contributed by atoms with E-state index < -0.39 is 18.0 Å². The first-order valence-electron chi connectivity index (χ1n) is 13.3. The van der Waals surface area contributed by atoms with Crippen molar-refractivity contribution in [3.63, 3.8) is 0 Å². The fourth-order valence-electron chi connectivity index (χ4n) is 4.55. The van der Waals surface area contributed by atoms with Crippen LogP contribution in [0, 0.1) is 11.8 Å². The highest BCUT2D eigenvalue weighted by molar-refractivity contribution is 7.09. The summed E-state index contributed by atoms with van der Waals surface area (Å²) in [4.78, 5) is 55.8. The molecule has 0 aliphatic carbocycles. The maximum atomic E-state index is 13.2. The number of ether oxygens (including phenoxy) is 2. The molecule has 1 aromatic carbocycles. The molecule has 0 fully saturated rings. The minimum atomic E-state index is -0.701. The number of esters is 2. The molecular formula is C29H41N3O6S. The van der Waals surface area contributed by atoms with Crippen molar-refractivity contribution in [1.82, 2.24) is 15.2 Å². The lowest BCUT2D eigenvalue weighted by Gasteiger charge is -2.33. The van der Waals surface area contributed by atoms with E-state index in [-0.39, 0.29) is 41.5 Å². The predicted molar refractivity (Wildman–Crippen MR) is 150 cm³/mol. The summed E-state index contributed by atoms with van der Waals surface area (Å²) in [5.74, 6) is -1.47. The van der Waals surface area contributed by atoms with Gasteiger partial charge in [-0.1, -0.05) is 58.0 Å². The smallest absolute Gasteiger partial charge is 0.308 e. The first kappa shape index (κ1) is 31.9. The van der Waals surface area contributed by atoms with E-state index in [1.165, 1.54) is 25.4 Å². The average Bonchev–Trinajstić information content (AvgIpc) is 3.40. The molecule has 39 heavy (non-hydrogen) atoms. The van der Waals surface area contributed by atoms with E-state index >= 15 is 0 Å². The topological polar surface area (TPSA) is 115 Å². The van der Waals surface area contributed by atoms with Gasteiger partial charge in [-0.05, 0) is 24.3 Å². The third-order valence-electron chi connectivity index (χ3n) is 6.66. The number of nitrogens with one attached hydrogen (secondary N) is 1. The quantitative estimate of drug-likeness (QED) is 0.337. The molecule has 2 amide bonds. The Morgan fingerprint density at radius 1 is 1.08 bits per heavy atom. The van der Waals surface area contributed by atoms with Crippen LogP contribution >= 0.6 is 11.3 Å². The number of thiazole rings is 1. The van der Waals surface area contributed by atoms with Gasteiger partial charge in [-0.25, -0.2) is 4.98 Å². The second kappa shape index (κ2) is 15.4. The zero-order valence-corrected chi connectivity index (χ0v) is 24.7. The molecule has 1 N–H and O–H groups in total. The maximum Gasteiger partial charge on any atom is 0.308 e. The summed E-state index contributed by atoms with van der Waals surface area (Å²) in [7, 11) is 3.10. The molecule has 0 radical (unpaired) electrons. The van der Waals surface area contributed by atoms with E-state index in [1.807, 2.05) is 51.1 Å². The molecular weight excluding hydrogens is 518 g/mol. The van der Waals surface area contributed by atoms with Crippen molar-refractivity contribution in [2.45, 2.75) is 78.5 Å². The Kier molecular flexibility index (Phi) is 12.6. The van der Waals surface area contributed by atoms with Crippen molar-refractivity contribution >= 4 is 35.1 Å². The van der Waals surface area contributed by atoms with Crippen LogP contribution in [0.3, 0.4) is 0 Å². The Morgan fingerprint density at radius 2 is 1.74 bits per heavy atom. The lowest BCUT2D eigenvalue weighted by Crippen LogP contribution is -2.41. The number of carbonyl (C=O) groups is 4. The Hall–Kier alpha value is -3.27.